The van der Waals surface area contributed by atoms with Gasteiger partial charge in [-0.1, -0.05) is 85.6 Å². The highest BCUT2D eigenvalue weighted by Gasteiger charge is 2.32. The highest BCUT2D eigenvalue weighted by Crippen LogP contribution is 2.43. The Kier molecular flexibility index (Phi) is 6.94. The first-order valence-corrected chi connectivity index (χ1v) is 12.2. The molecule has 0 unspecified atom stereocenters. The molecule has 1 heterocycles. The second kappa shape index (κ2) is 10.6. The van der Waals surface area contributed by atoms with Crippen LogP contribution in [0.3, 0.4) is 0 Å². The minimum Gasteiger partial charge on any atom is -0.482 e. The minimum absolute atomic E-state index is 0.229. The molecule has 1 fully saturated rings. The monoisotopic (exact) mass is 467 g/mol. The van der Waals surface area contributed by atoms with Gasteiger partial charge in [0.25, 0.3) is 0 Å². The highest BCUT2D eigenvalue weighted by atomic mass is 16.5. The third-order valence-electron chi connectivity index (χ3n) is 6.71. The van der Waals surface area contributed by atoms with Crippen molar-refractivity contribution in [3.8, 4) is 28.3 Å². The first-order valence-electron chi connectivity index (χ1n) is 12.2. The summed E-state index contributed by atoms with van der Waals surface area (Å²) < 4.78 is 11.9. The third-order valence-corrected chi connectivity index (χ3v) is 6.71. The van der Waals surface area contributed by atoms with Crippen molar-refractivity contribution < 1.29 is 19.1 Å². The summed E-state index contributed by atoms with van der Waals surface area (Å²) in [7, 11) is 0. The van der Waals surface area contributed by atoms with Gasteiger partial charge >= 0.3 is 5.97 Å². The van der Waals surface area contributed by atoms with Gasteiger partial charge in [-0.15, -0.1) is 0 Å². The maximum atomic E-state index is 10.9. The van der Waals surface area contributed by atoms with E-state index in [1.165, 1.54) is 6.42 Å². The number of hydrogen-bond acceptors (Lipinski definition) is 4. The van der Waals surface area contributed by atoms with Gasteiger partial charge in [0.2, 0.25) is 0 Å². The number of rotatable bonds is 8. The summed E-state index contributed by atoms with van der Waals surface area (Å²) in [6.07, 6.45) is 5.37. The highest BCUT2D eigenvalue weighted by molar-refractivity contribution is 5.76. The molecule has 1 saturated carbocycles. The smallest absolute Gasteiger partial charge is 0.341 e. The van der Waals surface area contributed by atoms with E-state index in [-0.39, 0.29) is 12.5 Å². The maximum Gasteiger partial charge on any atom is 0.341 e. The topological polar surface area (TPSA) is 72.6 Å². The zero-order chi connectivity index (χ0) is 24.0. The molecule has 5 nitrogen and oxygen atoms in total. The van der Waals surface area contributed by atoms with E-state index in [0.717, 1.165) is 59.7 Å². The quantitative estimate of drug-likeness (QED) is 0.302. The normalized spacial score (nSPS) is 17.7. The van der Waals surface area contributed by atoms with Crippen molar-refractivity contribution in [3.05, 3.63) is 96.4 Å². The molecule has 0 amide bonds. The molecule has 5 heteroatoms. The first kappa shape index (κ1) is 22.9. The van der Waals surface area contributed by atoms with Gasteiger partial charge in [-0.25, -0.2) is 9.78 Å². The molecule has 0 saturated heterocycles. The molecule has 0 spiro atoms. The van der Waals surface area contributed by atoms with E-state index in [1.54, 1.807) is 6.07 Å². The van der Waals surface area contributed by atoms with E-state index in [1.807, 2.05) is 48.5 Å². The molecule has 35 heavy (non-hydrogen) atoms. The number of oxazole rings is 1. The lowest BCUT2D eigenvalue weighted by Gasteiger charge is -2.29. The van der Waals surface area contributed by atoms with Crippen LogP contribution in [0.2, 0.25) is 0 Å². The SMILES string of the molecule is O=C(O)COc1cccc(C[C@@H]2CCCC[C@@H]2c2nc(-c3ccccc3)c(-c3ccccc3)o2)c1. The van der Waals surface area contributed by atoms with Crippen LogP contribution < -0.4 is 4.74 Å². The minimum atomic E-state index is -0.977. The molecule has 0 bridgehead atoms. The Balaban J connectivity index is 1.45. The predicted octanol–water partition coefficient (Wildman–Crippen LogP) is 6.99. The average Bonchev–Trinajstić information content (AvgIpc) is 3.34. The lowest BCUT2D eigenvalue weighted by Crippen LogP contribution is -2.20. The van der Waals surface area contributed by atoms with Gasteiger partial charge in [0.05, 0.1) is 0 Å². The molecule has 0 radical (unpaired) electrons. The van der Waals surface area contributed by atoms with Crippen LogP contribution in [0.1, 0.15) is 43.1 Å². The number of benzene rings is 3. The van der Waals surface area contributed by atoms with Crippen molar-refractivity contribution in [1.82, 2.24) is 4.98 Å². The van der Waals surface area contributed by atoms with Crippen LogP contribution in [0.5, 0.6) is 5.75 Å². The molecule has 5 rings (SSSR count). The molecule has 4 aromatic rings. The predicted molar refractivity (Wildman–Crippen MR) is 135 cm³/mol. The van der Waals surface area contributed by atoms with Crippen molar-refractivity contribution >= 4 is 5.97 Å². The lowest BCUT2D eigenvalue weighted by atomic mass is 9.76. The largest absolute Gasteiger partial charge is 0.482 e. The number of nitrogens with zero attached hydrogens (tertiary/aromatic N) is 1. The fraction of sp³-hybridized carbons (Fsp3) is 0.267. The van der Waals surface area contributed by atoms with Crippen LogP contribution >= 0.6 is 0 Å². The summed E-state index contributed by atoms with van der Waals surface area (Å²) in [5.74, 6) is 1.86. The van der Waals surface area contributed by atoms with Crippen LogP contribution in [0.4, 0.5) is 0 Å². The van der Waals surface area contributed by atoms with Crippen molar-refractivity contribution in [2.45, 2.75) is 38.0 Å². The van der Waals surface area contributed by atoms with E-state index in [4.69, 9.17) is 19.2 Å². The molecular formula is C30H29NO4. The fourth-order valence-electron chi connectivity index (χ4n) is 5.06. The average molecular weight is 468 g/mol. The standard InChI is InChI=1S/C30H29NO4/c32-27(33)20-34-25-16-9-10-21(19-25)18-24-15-7-8-17-26(24)30-31-28(22-11-3-1-4-12-22)29(35-30)23-13-5-2-6-14-23/h1-6,9-14,16,19,24,26H,7-8,15,17-18,20H2,(H,32,33)/t24-,26-/m0/s1. The van der Waals surface area contributed by atoms with Crippen LogP contribution in [0.15, 0.2) is 89.3 Å². The van der Waals surface area contributed by atoms with Crippen molar-refractivity contribution in [1.29, 1.82) is 0 Å². The van der Waals surface area contributed by atoms with Crippen LogP contribution in [-0.2, 0) is 11.2 Å². The molecule has 1 N–H and O–H groups in total. The molecule has 0 aliphatic heterocycles. The number of aromatic nitrogens is 1. The maximum absolute atomic E-state index is 10.9. The number of carboxylic acids is 1. The number of ether oxygens (including phenoxy) is 1. The zero-order valence-corrected chi connectivity index (χ0v) is 19.6. The molecule has 178 valence electrons. The molecule has 3 aromatic carbocycles. The Morgan fingerprint density at radius 3 is 2.37 bits per heavy atom. The van der Waals surface area contributed by atoms with E-state index in [9.17, 15) is 4.79 Å². The Bertz CT molecular complexity index is 1210. The third kappa shape index (κ3) is 5.46. The van der Waals surface area contributed by atoms with E-state index in [2.05, 4.69) is 30.3 Å². The Labute approximate surface area is 205 Å². The van der Waals surface area contributed by atoms with Gasteiger partial charge in [-0.05, 0) is 42.9 Å². The molecule has 2 atom stereocenters. The summed E-state index contributed by atoms with van der Waals surface area (Å²) in [4.78, 5) is 15.9. The zero-order valence-electron chi connectivity index (χ0n) is 19.6. The van der Waals surface area contributed by atoms with Crippen LogP contribution in [-0.4, -0.2) is 22.7 Å². The van der Waals surface area contributed by atoms with Gasteiger partial charge < -0.3 is 14.3 Å². The van der Waals surface area contributed by atoms with Crippen molar-refractivity contribution in [3.63, 3.8) is 0 Å². The summed E-state index contributed by atoms with van der Waals surface area (Å²) in [5.41, 5.74) is 4.11. The van der Waals surface area contributed by atoms with Crippen LogP contribution in [0, 0.1) is 5.92 Å². The molecule has 1 aliphatic carbocycles. The van der Waals surface area contributed by atoms with Gasteiger partial charge in [0.1, 0.15) is 11.4 Å². The molecule has 1 aliphatic rings. The number of carboxylic acid groups (broad SMARTS) is 1. The Morgan fingerprint density at radius 1 is 0.914 bits per heavy atom. The van der Waals surface area contributed by atoms with Gasteiger partial charge in [-0.3, -0.25) is 0 Å². The van der Waals surface area contributed by atoms with Gasteiger partial charge in [0, 0.05) is 17.0 Å². The van der Waals surface area contributed by atoms with E-state index < -0.39 is 5.97 Å². The molecular weight excluding hydrogens is 438 g/mol. The van der Waals surface area contributed by atoms with E-state index >= 15 is 0 Å². The number of carbonyl (C=O) groups is 1. The van der Waals surface area contributed by atoms with E-state index in [0.29, 0.717) is 11.7 Å². The summed E-state index contributed by atoms with van der Waals surface area (Å²) >= 11 is 0. The molecule has 1 aromatic heterocycles. The van der Waals surface area contributed by atoms with Gasteiger partial charge in [0.15, 0.2) is 18.3 Å². The second-order valence-corrected chi connectivity index (χ2v) is 9.15. The van der Waals surface area contributed by atoms with Crippen molar-refractivity contribution in [2.24, 2.45) is 5.92 Å². The van der Waals surface area contributed by atoms with Gasteiger partial charge in [-0.2, -0.15) is 0 Å². The summed E-state index contributed by atoms with van der Waals surface area (Å²) in [6.45, 7) is -0.337. The second-order valence-electron chi connectivity index (χ2n) is 9.15. The summed E-state index contributed by atoms with van der Waals surface area (Å²) in [6, 6.07) is 28.2. The fourth-order valence-corrected chi connectivity index (χ4v) is 5.06. The first-order chi connectivity index (χ1) is 17.2. The Hall–Kier alpha value is -3.86. The Morgan fingerprint density at radius 2 is 1.63 bits per heavy atom. The van der Waals surface area contributed by atoms with Crippen molar-refractivity contribution in [2.75, 3.05) is 6.61 Å². The van der Waals surface area contributed by atoms with Crippen LogP contribution in [0.25, 0.3) is 22.6 Å². The number of hydrogen-bond donors (Lipinski definition) is 1. The summed E-state index contributed by atoms with van der Waals surface area (Å²) in [5, 5.41) is 8.91. The lowest BCUT2D eigenvalue weighted by molar-refractivity contribution is -0.139. The number of aliphatic carboxylic acids is 1.